The summed E-state index contributed by atoms with van der Waals surface area (Å²) in [6.07, 6.45) is 2.37. The van der Waals surface area contributed by atoms with Crippen LogP contribution in [0, 0.1) is 5.82 Å². The number of carbonyl (C=O) groups excluding carboxylic acids is 1. The number of carbonyl (C=O) groups is 1. The maximum absolute atomic E-state index is 13.5. The Morgan fingerprint density at radius 1 is 1.14 bits per heavy atom. The zero-order chi connectivity index (χ0) is 19.7. The van der Waals surface area contributed by atoms with E-state index in [-0.39, 0.29) is 29.9 Å². The average molecular weight is 380 g/mol. The number of hydrogen-bond donors (Lipinski definition) is 1. The van der Waals surface area contributed by atoms with E-state index in [2.05, 4.69) is 11.1 Å². The molecule has 3 unspecified atom stereocenters. The SMILES string of the molecule is CC1CN(C(=O)CC(c2ccc(F)cc2)c2c[nH]c3ccccc23)CC(C)O1. The van der Waals surface area contributed by atoms with Crippen LogP contribution in [0.4, 0.5) is 4.39 Å². The highest BCUT2D eigenvalue weighted by Gasteiger charge is 2.29. The molecule has 146 valence electrons. The Balaban J connectivity index is 1.67. The summed E-state index contributed by atoms with van der Waals surface area (Å²) in [5.41, 5.74) is 3.03. The quantitative estimate of drug-likeness (QED) is 0.726. The maximum atomic E-state index is 13.5. The van der Waals surface area contributed by atoms with E-state index >= 15 is 0 Å². The van der Waals surface area contributed by atoms with Crippen LogP contribution in [0.3, 0.4) is 0 Å². The first-order valence-corrected chi connectivity index (χ1v) is 9.76. The van der Waals surface area contributed by atoms with E-state index in [0.717, 1.165) is 22.0 Å². The molecule has 4 rings (SSSR count). The van der Waals surface area contributed by atoms with E-state index in [4.69, 9.17) is 4.74 Å². The predicted molar refractivity (Wildman–Crippen MR) is 108 cm³/mol. The van der Waals surface area contributed by atoms with Crippen LogP contribution in [0.5, 0.6) is 0 Å². The minimum atomic E-state index is -0.274. The first kappa shape index (κ1) is 18.7. The number of hydrogen-bond acceptors (Lipinski definition) is 2. The van der Waals surface area contributed by atoms with Crippen LogP contribution in [-0.2, 0) is 9.53 Å². The third kappa shape index (κ3) is 3.80. The zero-order valence-corrected chi connectivity index (χ0v) is 16.2. The average Bonchev–Trinajstić information content (AvgIpc) is 3.10. The van der Waals surface area contributed by atoms with Crippen molar-refractivity contribution in [3.63, 3.8) is 0 Å². The molecule has 0 saturated carbocycles. The molecule has 1 saturated heterocycles. The van der Waals surface area contributed by atoms with Gasteiger partial charge in [-0.15, -0.1) is 0 Å². The molecule has 0 spiro atoms. The number of amides is 1. The molecule has 1 aliphatic rings. The lowest BCUT2D eigenvalue weighted by Gasteiger charge is -2.36. The molecule has 28 heavy (non-hydrogen) atoms. The van der Waals surface area contributed by atoms with Crippen molar-refractivity contribution in [2.24, 2.45) is 0 Å². The third-order valence-electron chi connectivity index (χ3n) is 5.42. The van der Waals surface area contributed by atoms with Crippen LogP contribution in [0.2, 0.25) is 0 Å². The Morgan fingerprint density at radius 2 is 1.82 bits per heavy atom. The Labute approximate surface area is 164 Å². The second-order valence-electron chi connectivity index (χ2n) is 7.65. The highest BCUT2D eigenvalue weighted by molar-refractivity contribution is 5.86. The lowest BCUT2D eigenvalue weighted by molar-refractivity contribution is -0.143. The summed E-state index contributed by atoms with van der Waals surface area (Å²) in [7, 11) is 0. The van der Waals surface area contributed by atoms with Gasteiger partial charge in [0, 0.05) is 42.5 Å². The topological polar surface area (TPSA) is 45.3 Å². The van der Waals surface area contributed by atoms with Crippen LogP contribution in [0.1, 0.15) is 37.3 Å². The van der Waals surface area contributed by atoms with Gasteiger partial charge < -0.3 is 14.6 Å². The van der Waals surface area contributed by atoms with Gasteiger partial charge in [0.05, 0.1) is 12.2 Å². The van der Waals surface area contributed by atoms with Crippen molar-refractivity contribution < 1.29 is 13.9 Å². The van der Waals surface area contributed by atoms with E-state index in [0.29, 0.717) is 19.5 Å². The molecular formula is C23H25FN2O2. The summed E-state index contributed by atoms with van der Waals surface area (Å²) in [6, 6.07) is 14.5. The molecule has 2 aromatic carbocycles. The fourth-order valence-corrected chi connectivity index (χ4v) is 4.17. The zero-order valence-electron chi connectivity index (χ0n) is 16.2. The van der Waals surface area contributed by atoms with Crippen molar-refractivity contribution >= 4 is 16.8 Å². The second-order valence-corrected chi connectivity index (χ2v) is 7.65. The molecule has 2 heterocycles. The molecule has 1 aromatic heterocycles. The molecule has 0 radical (unpaired) electrons. The highest BCUT2D eigenvalue weighted by Crippen LogP contribution is 2.34. The molecule has 3 aromatic rings. The fourth-order valence-electron chi connectivity index (χ4n) is 4.17. The van der Waals surface area contributed by atoms with E-state index in [1.54, 1.807) is 12.1 Å². The van der Waals surface area contributed by atoms with Crippen LogP contribution in [-0.4, -0.2) is 41.1 Å². The number of benzene rings is 2. The van der Waals surface area contributed by atoms with Crippen molar-refractivity contribution in [1.82, 2.24) is 9.88 Å². The highest BCUT2D eigenvalue weighted by atomic mass is 19.1. The number of ether oxygens (including phenoxy) is 1. The van der Waals surface area contributed by atoms with Crippen molar-refractivity contribution in [1.29, 1.82) is 0 Å². The van der Waals surface area contributed by atoms with Crippen molar-refractivity contribution in [2.75, 3.05) is 13.1 Å². The number of nitrogens with zero attached hydrogens (tertiary/aromatic N) is 1. The van der Waals surface area contributed by atoms with Gasteiger partial charge in [0.1, 0.15) is 5.82 Å². The van der Waals surface area contributed by atoms with Crippen LogP contribution >= 0.6 is 0 Å². The Bertz CT molecular complexity index is 956. The summed E-state index contributed by atoms with van der Waals surface area (Å²) in [6.45, 7) is 5.19. The Hall–Kier alpha value is -2.66. The number of H-pyrrole nitrogens is 1. The van der Waals surface area contributed by atoms with Gasteiger partial charge in [-0.05, 0) is 43.2 Å². The number of aromatic nitrogens is 1. The van der Waals surface area contributed by atoms with Crippen LogP contribution in [0.25, 0.3) is 10.9 Å². The monoisotopic (exact) mass is 380 g/mol. The molecule has 0 aliphatic carbocycles. The van der Waals surface area contributed by atoms with Crippen LogP contribution < -0.4 is 0 Å². The van der Waals surface area contributed by atoms with Gasteiger partial charge in [0.25, 0.3) is 0 Å². The van der Waals surface area contributed by atoms with E-state index in [1.165, 1.54) is 12.1 Å². The predicted octanol–water partition coefficient (Wildman–Crippen LogP) is 4.46. The number of fused-ring (bicyclic) bond motifs is 1. The molecule has 5 heteroatoms. The van der Waals surface area contributed by atoms with Gasteiger partial charge >= 0.3 is 0 Å². The normalized spacial score (nSPS) is 21.0. The smallest absolute Gasteiger partial charge is 0.223 e. The summed E-state index contributed by atoms with van der Waals surface area (Å²) in [4.78, 5) is 18.3. The number of rotatable bonds is 4. The maximum Gasteiger partial charge on any atom is 0.223 e. The number of para-hydroxylation sites is 1. The summed E-state index contributed by atoms with van der Waals surface area (Å²) in [5, 5.41) is 1.09. The van der Waals surface area contributed by atoms with Gasteiger partial charge in [0.15, 0.2) is 0 Å². The van der Waals surface area contributed by atoms with Crippen molar-refractivity contribution in [2.45, 2.75) is 38.4 Å². The largest absolute Gasteiger partial charge is 0.372 e. The number of halogens is 1. The first-order chi connectivity index (χ1) is 13.5. The summed E-state index contributed by atoms with van der Waals surface area (Å²) < 4.78 is 19.2. The van der Waals surface area contributed by atoms with E-state index in [1.807, 2.05) is 43.1 Å². The van der Waals surface area contributed by atoms with Gasteiger partial charge in [-0.25, -0.2) is 4.39 Å². The van der Waals surface area contributed by atoms with Crippen molar-refractivity contribution in [3.05, 3.63) is 71.7 Å². The molecule has 1 aliphatic heterocycles. The van der Waals surface area contributed by atoms with Gasteiger partial charge in [-0.1, -0.05) is 30.3 Å². The Morgan fingerprint density at radius 3 is 2.54 bits per heavy atom. The van der Waals surface area contributed by atoms with Crippen LogP contribution in [0.15, 0.2) is 54.7 Å². The molecule has 1 amide bonds. The molecule has 3 atom stereocenters. The van der Waals surface area contributed by atoms with E-state index < -0.39 is 0 Å². The molecule has 0 bridgehead atoms. The standard InChI is InChI=1S/C23H25FN2O2/c1-15-13-26(14-16(2)28-15)23(27)11-20(17-7-9-18(24)10-8-17)21-12-25-22-6-4-3-5-19(21)22/h3-10,12,15-16,20,25H,11,13-14H2,1-2H3. The summed E-state index contributed by atoms with van der Waals surface area (Å²) in [5.74, 6) is -0.317. The molecule has 4 nitrogen and oxygen atoms in total. The lowest BCUT2D eigenvalue weighted by Crippen LogP contribution is -2.48. The third-order valence-corrected chi connectivity index (χ3v) is 5.42. The first-order valence-electron chi connectivity index (χ1n) is 9.76. The minimum Gasteiger partial charge on any atom is -0.372 e. The van der Waals surface area contributed by atoms with E-state index in [9.17, 15) is 9.18 Å². The Kier molecular flexibility index (Phi) is 5.18. The molecule has 1 N–H and O–H groups in total. The number of morpholine rings is 1. The van der Waals surface area contributed by atoms with Gasteiger partial charge in [-0.3, -0.25) is 4.79 Å². The fraction of sp³-hybridized carbons (Fsp3) is 0.348. The lowest BCUT2D eigenvalue weighted by atomic mass is 9.87. The minimum absolute atomic E-state index is 0.0325. The molecular weight excluding hydrogens is 355 g/mol. The van der Waals surface area contributed by atoms with Gasteiger partial charge in [-0.2, -0.15) is 0 Å². The molecule has 1 fully saturated rings. The number of aromatic amines is 1. The van der Waals surface area contributed by atoms with Gasteiger partial charge in [0.2, 0.25) is 5.91 Å². The summed E-state index contributed by atoms with van der Waals surface area (Å²) >= 11 is 0. The number of nitrogens with one attached hydrogen (secondary N) is 1. The van der Waals surface area contributed by atoms with Crippen molar-refractivity contribution in [3.8, 4) is 0 Å². The second kappa shape index (κ2) is 7.76.